The van der Waals surface area contributed by atoms with E-state index in [0.29, 0.717) is 0 Å². The van der Waals surface area contributed by atoms with Crippen LogP contribution in [0.5, 0.6) is 0 Å². The third-order valence-electron chi connectivity index (χ3n) is 4.27. The molecular formula is C17H22BrN3. The van der Waals surface area contributed by atoms with Crippen molar-refractivity contribution in [3.63, 3.8) is 0 Å². The number of halogens is 1. The molecule has 0 saturated carbocycles. The van der Waals surface area contributed by atoms with Gasteiger partial charge in [0, 0.05) is 29.1 Å². The molecule has 1 N–H and O–H groups in total. The van der Waals surface area contributed by atoms with Gasteiger partial charge in [-0.1, -0.05) is 28.1 Å². The Hall–Kier alpha value is -0.970. The Labute approximate surface area is 134 Å². The zero-order valence-corrected chi connectivity index (χ0v) is 14.1. The molecule has 21 heavy (non-hydrogen) atoms. The Morgan fingerprint density at radius 2 is 2.29 bits per heavy atom. The number of piperidine rings is 1. The molecule has 2 heterocycles. The van der Waals surface area contributed by atoms with E-state index in [1.807, 2.05) is 12.3 Å². The molecular weight excluding hydrogens is 326 g/mol. The first-order valence-electron chi connectivity index (χ1n) is 7.65. The van der Waals surface area contributed by atoms with Crippen LogP contribution in [0.4, 0.5) is 0 Å². The van der Waals surface area contributed by atoms with E-state index in [9.17, 15) is 0 Å². The van der Waals surface area contributed by atoms with Crippen molar-refractivity contribution in [3.8, 4) is 0 Å². The van der Waals surface area contributed by atoms with Crippen molar-refractivity contribution < 1.29 is 0 Å². The Kier molecular flexibility index (Phi) is 4.88. The van der Waals surface area contributed by atoms with Crippen molar-refractivity contribution in [2.24, 2.45) is 5.92 Å². The van der Waals surface area contributed by atoms with Crippen molar-refractivity contribution in [3.05, 3.63) is 40.5 Å². The van der Waals surface area contributed by atoms with Crippen LogP contribution in [0.1, 0.15) is 18.4 Å². The van der Waals surface area contributed by atoms with Crippen LogP contribution in [0.3, 0.4) is 0 Å². The third kappa shape index (κ3) is 3.62. The minimum atomic E-state index is 0.776. The van der Waals surface area contributed by atoms with Gasteiger partial charge < -0.3 is 10.2 Å². The standard InChI is InChI=1S/C17H22BrN3/c1-21-9-3-4-13(12-21)10-19-11-14-6-7-16(18)15-5-2-8-20-17(14)15/h2,5-8,13,19H,3-4,9-12H2,1H3. The van der Waals surface area contributed by atoms with Gasteiger partial charge in [-0.25, -0.2) is 0 Å². The molecule has 1 aromatic heterocycles. The van der Waals surface area contributed by atoms with Crippen molar-refractivity contribution in [1.82, 2.24) is 15.2 Å². The summed E-state index contributed by atoms with van der Waals surface area (Å²) in [6.07, 6.45) is 4.54. The van der Waals surface area contributed by atoms with E-state index in [1.165, 1.54) is 36.9 Å². The van der Waals surface area contributed by atoms with Crippen LogP contribution in [0.15, 0.2) is 34.9 Å². The summed E-state index contributed by atoms with van der Waals surface area (Å²) in [5.74, 6) is 0.776. The fraction of sp³-hybridized carbons (Fsp3) is 0.471. The Morgan fingerprint density at radius 1 is 1.38 bits per heavy atom. The molecule has 1 unspecified atom stereocenters. The highest BCUT2D eigenvalue weighted by molar-refractivity contribution is 9.10. The van der Waals surface area contributed by atoms with Gasteiger partial charge >= 0.3 is 0 Å². The summed E-state index contributed by atoms with van der Waals surface area (Å²) >= 11 is 3.60. The molecule has 1 aliphatic rings. The molecule has 3 rings (SSSR count). The van der Waals surface area contributed by atoms with Gasteiger partial charge in [-0.15, -0.1) is 0 Å². The van der Waals surface area contributed by atoms with Gasteiger partial charge in [-0.05, 0) is 56.6 Å². The van der Waals surface area contributed by atoms with Crippen LogP contribution < -0.4 is 5.32 Å². The molecule has 4 heteroatoms. The quantitative estimate of drug-likeness (QED) is 0.918. The maximum absolute atomic E-state index is 4.54. The summed E-state index contributed by atoms with van der Waals surface area (Å²) in [4.78, 5) is 6.98. The number of hydrogen-bond acceptors (Lipinski definition) is 3. The monoisotopic (exact) mass is 347 g/mol. The average molecular weight is 348 g/mol. The summed E-state index contributed by atoms with van der Waals surface area (Å²) < 4.78 is 1.11. The second-order valence-electron chi connectivity index (χ2n) is 6.01. The first-order chi connectivity index (χ1) is 10.2. The predicted molar refractivity (Wildman–Crippen MR) is 91.4 cm³/mol. The normalized spacial score (nSPS) is 20.0. The first-order valence-corrected chi connectivity index (χ1v) is 8.44. The van der Waals surface area contributed by atoms with Crippen LogP contribution in [0.25, 0.3) is 10.9 Å². The molecule has 1 saturated heterocycles. The lowest BCUT2D eigenvalue weighted by Crippen LogP contribution is -2.37. The van der Waals surface area contributed by atoms with Gasteiger partial charge in [0.05, 0.1) is 5.52 Å². The molecule has 1 aromatic carbocycles. The summed E-state index contributed by atoms with van der Waals surface area (Å²) in [6, 6.07) is 8.39. The molecule has 1 fully saturated rings. The maximum atomic E-state index is 4.54. The Bertz CT molecular complexity index is 614. The van der Waals surface area contributed by atoms with E-state index in [0.717, 1.165) is 29.0 Å². The number of fused-ring (bicyclic) bond motifs is 1. The number of likely N-dealkylation sites (tertiary alicyclic amines) is 1. The molecule has 1 atom stereocenters. The Morgan fingerprint density at radius 3 is 3.14 bits per heavy atom. The smallest absolute Gasteiger partial charge is 0.0758 e. The number of aromatic nitrogens is 1. The molecule has 112 valence electrons. The topological polar surface area (TPSA) is 28.2 Å². The molecule has 0 spiro atoms. The number of nitrogens with zero attached hydrogens (tertiary/aromatic N) is 2. The van der Waals surface area contributed by atoms with Gasteiger partial charge in [0.25, 0.3) is 0 Å². The van der Waals surface area contributed by atoms with Crippen molar-refractivity contribution >= 4 is 26.8 Å². The first kappa shape index (κ1) is 14.9. The van der Waals surface area contributed by atoms with Crippen molar-refractivity contribution in [1.29, 1.82) is 0 Å². The SMILES string of the molecule is CN1CCCC(CNCc2ccc(Br)c3cccnc23)C1. The van der Waals surface area contributed by atoms with Gasteiger partial charge in [0.1, 0.15) is 0 Å². The van der Waals surface area contributed by atoms with E-state index in [2.05, 4.69) is 56.4 Å². The second-order valence-corrected chi connectivity index (χ2v) is 6.86. The summed E-state index contributed by atoms with van der Waals surface area (Å²) in [5, 5.41) is 4.81. The second kappa shape index (κ2) is 6.86. The molecule has 1 aliphatic heterocycles. The highest BCUT2D eigenvalue weighted by atomic mass is 79.9. The van der Waals surface area contributed by atoms with Crippen LogP contribution in [0, 0.1) is 5.92 Å². The van der Waals surface area contributed by atoms with Crippen LogP contribution in [-0.4, -0.2) is 36.6 Å². The predicted octanol–water partition coefficient (Wildman–Crippen LogP) is 3.43. The molecule has 3 nitrogen and oxygen atoms in total. The summed E-state index contributed by atoms with van der Waals surface area (Å²) in [6.45, 7) is 4.44. The van der Waals surface area contributed by atoms with Gasteiger partial charge in [0.15, 0.2) is 0 Å². The number of nitrogens with one attached hydrogen (secondary N) is 1. The van der Waals surface area contributed by atoms with Gasteiger partial charge in [0.2, 0.25) is 0 Å². The minimum absolute atomic E-state index is 0.776. The third-order valence-corrected chi connectivity index (χ3v) is 4.96. The van der Waals surface area contributed by atoms with E-state index < -0.39 is 0 Å². The molecule has 0 bridgehead atoms. The van der Waals surface area contributed by atoms with E-state index in [-0.39, 0.29) is 0 Å². The van der Waals surface area contributed by atoms with Crippen LogP contribution in [-0.2, 0) is 6.54 Å². The molecule has 0 radical (unpaired) electrons. The molecule has 2 aromatic rings. The van der Waals surface area contributed by atoms with E-state index >= 15 is 0 Å². The average Bonchev–Trinajstić information content (AvgIpc) is 2.50. The summed E-state index contributed by atoms with van der Waals surface area (Å²) in [5.41, 5.74) is 2.37. The Balaban J connectivity index is 1.64. The summed E-state index contributed by atoms with van der Waals surface area (Å²) in [7, 11) is 2.22. The maximum Gasteiger partial charge on any atom is 0.0758 e. The number of benzene rings is 1. The minimum Gasteiger partial charge on any atom is -0.312 e. The lowest BCUT2D eigenvalue weighted by atomic mass is 9.98. The largest absolute Gasteiger partial charge is 0.312 e. The highest BCUT2D eigenvalue weighted by Gasteiger charge is 2.16. The number of hydrogen-bond donors (Lipinski definition) is 1. The zero-order valence-electron chi connectivity index (χ0n) is 12.5. The zero-order chi connectivity index (χ0) is 14.7. The molecule has 0 aliphatic carbocycles. The lowest BCUT2D eigenvalue weighted by molar-refractivity contribution is 0.206. The van der Waals surface area contributed by atoms with Crippen LogP contribution >= 0.6 is 15.9 Å². The number of pyridine rings is 1. The number of rotatable bonds is 4. The van der Waals surface area contributed by atoms with Gasteiger partial charge in [-0.3, -0.25) is 4.98 Å². The highest BCUT2D eigenvalue weighted by Crippen LogP contribution is 2.25. The van der Waals surface area contributed by atoms with Crippen molar-refractivity contribution in [2.75, 3.05) is 26.7 Å². The molecule has 0 amide bonds. The van der Waals surface area contributed by atoms with Crippen molar-refractivity contribution in [2.45, 2.75) is 19.4 Å². The lowest BCUT2D eigenvalue weighted by Gasteiger charge is -2.29. The van der Waals surface area contributed by atoms with Gasteiger partial charge in [-0.2, -0.15) is 0 Å². The fourth-order valence-electron chi connectivity index (χ4n) is 3.19. The fourth-order valence-corrected chi connectivity index (χ4v) is 3.64. The van der Waals surface area contributed by atoms with Crippen LogP contribution in [0.2, 0.25) is 0 Å². The van der Waals surface area contributed by atoms with E-state index in [1.54, 1.807) is 0 Å². The van der Waals surface area contributed by atoms with E-state index in [4.69, 9.17) is 0 Å².